The summed E-state index contributed by atoms with van der Waals surface area (Å²) in [4.78, 5) is 13.1. The molecule has 0 unspecified atom stereocenters. The number of rotatable bonds is 5. The molecule has 23 heavy (non-hydrogen) atoms. The Morgan fingerprint density at radius 2 is 1.35 bits per heavy atom. The van der Waals surface area contributed by atoms with Crippen LogP contribution < -0.4 is 10.6 Å². The van der Waals surface area contributed by atoms with Gasteiger partial charge < -0.3 is 10.6 Å². The highest BCUT2D eigenvalue weighted by Gasteiger charge is 2.07. The summed E-state index contributed by atoms with van der Waals surface area (Å²) in [6, 6.07) is 17.1. The Hall–Kier alpha value is -2.31. The molecule has 3 rings (SSSR count). The summed E-state index contributed by atoms with van der Waals surface area (Å²) in [6.45, 7) is 0. The van der Waals surface area contributed by atoms with Crippen molar-refractivity contribution in [1.82, 2.24) is 15.0 Å². The molecule has 0 saturated heterocycles. The van der Waals surface area contributed by atoms with Crippen molar-refractivity contribution in [3.8, 4) is 0 Å². The fraction of sp³-hybridized carbons (Fsp3) is 0.0625. The van der Waals surface area contributed by atoms with Crippen molar-refractivity contribution in [2.75, 3.05) is 16.9 Å². The lowest BCUT2D eigenvalue weighted by molar-refractivity contribution is 0.922. The van der Waals surface area contributed by atoms with E-state index < -0.39 is 0 Å². The van der Waals surface area contributed by atoms with E-state index in [1.807, 2.05) is 60.9 Å². The van der Waals surface area contributed by atoms with Gasteiger partial charge in [0.05, 0.1) is 0 Å². The third-order valence-corrected chi connectivity index (χ3v) is 3.73. The lowest BCUT2D eigenvalue weighted by atomic mass is 10.3. The number of halogens is 1. The standard InChI is InChI=1S/C16H14ClN5S/c1-23-16-21-14(18-12-5-3-2-4-6-12)20-15(22-16)19-13-9-7-11(17)8-10-13/h2-10H,1H3,(H2,18,19,20,21,22). The van der Waals surface area contributed by atoms with Crippen LogP contribution in [0.3, 0.4) is 0 Å². The van der Waals surface area contributed by atoms with E-state index in [1.165, 1.54) is 11.8 Å². The maximum absolute atomic E-state index is 5.90. The SMILES string of the molecule is CSc1nc(Nc2ccccc2)nc(Nc2ccc(Cl)cc2)n1. The molecule has 2 N–H and O–H groups in total. The van der Waals surface area contributed by atoms with Gasteiger partial charge in [0.15, 0.2) is 5.16 Å². The van der Waals surface area contributed by atoms with Crippen LogP contribution in [-0.4, -0.2) is 21.2 Å². The van der Waals surface area contributed by atoms with Crippen molar-refractivity contribution < 1.29 is 0 Å². The van der Waals surface area contributed by atoms with E-state index in [9.17, 15) is 0 Å². The number of nitrogens with zero attached hydrogens (tertiary/aromatic N) is 3. The van der Waals surface area contributed by atoms with Crippen LogP contribution in [0.2, 0.25) is 5.02 Å². The first-order chi connectivity index (χ1) is 11.2. The van der Waals surface area contributed by atoms with Crippen LogP contribution >= 0.6 is 23.4 Å². The van der Waals surface area contributed by atoms with Crippen LogP contribution in [0.5, 0.6) is 0 Å². The third kappa shape index (κ3) is 4.34. The number of thioether (sulfide) groups is 1. The minimum Gasteiger partial charge on any atom is -0.324 e. The second-order valence-electron chi connectivity index (χ2n) is 4.59. The van der Waals surface area contributed by atoms with Gasteiger partial charge in [0, 0.05) is 16.4 Å². The van der Waals surface area contributed by atoms with E-state index in [2.05, 4.69) is 25.6 Å². The molecule has 0 spiro atoms. The molecular weight excluding hydrogens is 330 g/mol. The fourth-order valence-corrected chi connectivity index (χ4v) is 2.35. The molecule has 1 heterocycles. The van der Waals surface area contributed by atoms with Gasteiger partial charge in [-0.15, -0.1) is 0 Å². The molecule has 0 aliphatic carbocycles. The molecule has 3 aromatic rings. The molecule has 7 heteroatoms. The molecule has 0 bridgehead atoms. The molecular formula is C16H14ClN5S. The second kappa shape index (κ2) is 7.30. The first-order valence-corrected chi connectivity index (χ1v) is 8.48. The van der Waals surface area contributed by atoms with Gasteiger partial charge in [-0.25, -0.2) is 0 Å². The summed E-state index contributed by atoms with van der Waals surface area (Å²) < 4.78 is 0. The van der Waals surface area contributed by atoms with Gasteiger partial charge in [-0.3, -0.25) is 0 Å². The zero-order chi connectivity index (χ0) is 16.1. The van der Waals surface area contributed by atoms with Crippen molar-refractivity contribution in [2.24, 2.45) is 0 Å². The Kier molecular flexibility index (Phi) is 4.95. The summed E-state index contributed by atoms with van der Waals surface area (Å²) in [5.41, 5.74) is 1.78. The normalized spacial score (nSPS) is 10.3. The number of anilines is 4. The van der Waals surface area contributed by atoms with Gasteiger partial charge in [0.25, 0.3) is 0 Å². The number of aromatic nitrogens is 3. The summed E-state index contributed by atoms with van der Waals surface area (Å²) >= 11 is 7.35. The Morgan fingerprint density at radius 1 is 0.783 bits per heavy atom. The van der Waals surface area contributed by atoms with Gasteiger partial charge in [-0.05, 0) is 42.7 Å². The van der Waals surface area contributed by atoms with Crippen LogP contribution in [-0.2, 0) is 0 Å². The number of hydrogen-bond acceptors (Lipinski definition) is 6. The predicted molar refractivity (Wildman–Crippen MR) is 96.1 cm³/mol. The van der Waals surface area contributed by atoms with Crippen LogP contribution in [0.15, 0.2) is 59.8 Å². The summed E-state index contributed by atoms with van der Waals surface area (Å²) in [5.74, 6) is 0.970. The molecule has 2 aromatic carbocycles. The highest BCUT2D eigenvalue weighted by molar-refractivity contribution is 7.98. The molecule has 0 saturated carbocycles. The largest absolute Gasteiger partial charge is 0.324 e. The Balaban J connectivity index is 1.85. The smallest absolute Gasteiger partial charge is 0.233 e. The van der Waals surface area contributed by atoms with Crippen LogP contribution in [0.4, 0.5) is 23.3 Å². The van der Waals surface area contributed by atoms with Crippen LogP contribution in [0, 0.1) is 0 Å². The van der Waals surface area contributed by atoms with Crippen LogP contribution in [0.1, 0.15) is 0 Å². The monoisotopic (exact) mass is 343 g/mol. The second-order valence-corrected chi connectivity index (χ2v) is 5.80. The lowest BCUT2D eigenvalue weighted by Gasteiger charge is -2.09. The maximum Gasteiger partial charge on any atom is 0.233 e. The lowest BCUT2D eigenvalue weighted by Crippen LogP contribution is -2.04. The Bertz CT molecular complexity index is 780. The van der Waals surface area contributed by atoms with Gasteiger partial charge in [-0.1, -0.05) is 41.6 Å². The molecule has 0 radical (unpaired) electrons. The van der Waals surface area contributed by atoms with E-state index in [1.54, 1.807) is 0 Å². The zero-order valence-electron chi connectivity index (χ0n) is 12.3. The number of benzene rings is 2. The topological polar surface area (TPSA) is 62.7 Å². The van der Waals surface area contributed by atoms with Crippen molar-refractivity contribution in [3.05, 3.63) is 59.6 Å². The van der Waals surface area contributed by atoms with Gasteiger partial charge in [0.2, 0.25) is 11.9 Å². The fourth-order valence-electron chi connectivity index (χ4n) is 1.87. The molecule has 0 atom stereocenters. The van der Waals surface area contributed by atoms with Crippen molar-refractivity contribution in [2.45, 2.75) is 5.16 Å². The first kappa shape index (κ1) is 15.6. The number of hydrogen-bond donors (Lipinski definition) is 2. The number of para-hydroxylation sites is 1. The van der Waals surface area contributed by atoms with E-state index in [0.29, 0.717) is 22.1 Å². The van der Waals surface area contributed by atoms with Crippen LogP contribution in [0.25, 0.3) is 0 Å². The van der Waals surface area contributed by atoms with Gasteiger partial charge >= 0.3 is 0 Å². The minimum atomic E-state index is 0.477. The van der Waals surface area contributed by atoms with Gasteiger partial charge in [0.1, 0.15) is 0 Å². The molecule has 116 valence electrons. The summed E-state index contributed by atoms with van der Waals surface area (Å²) in [7, 11) is 0. The van der Waals surface area contributed by atoms with E-state index >= 15 is 0 Å². The van der Waals surface area contributed by atoms with E-state index in [4.69, 9.17) is 11.6 Å². The predicted octanol–water partition coefficient (Wildman–Crippen LogP) is 4.73. The Morgan fingerprint density at radius 3 is 1.91 bits per heavy atom. The number of nitrogens with one attached hydrogen (secondary N) is 2. The van der Waals surface area contributed by atoms with E-state index in [0.717, 1.165) is 11.4 Å². The molecule has 1 aromatic heterocycles. The molecule has 5 nitrogen and oxygen atoms in total. The third-order valence-electron chi connectivity index (χ3n) is 2.93. The molecule has 0 aliphatic rings. The first-order valence-electron chi connectivity index (χ1n) is 6.88. The van der Waals surface area contributed by atoms with Crippen molar-refractivity contribution in [1.29, 1.82) is 0 Å². The summed E-state index contributed by atoms with van der Waals surface area (Å²) in [6.07, 6.45) is 1.92. The van der Waals surface area contributed by atoms with Crippen molar-refractivity contribution in [3.63, 3.8) is 0 Å². The highest BCUT2D eigenvalue weighted by atomic mass is 35.5. The molecule has 0 amide bonds. The molecule has 0 fully saturated rings. The average Bonchev–Trinajstić information content (AvgIpc) is 2.57. The zero-order valence-corrected chi connectivity index (χ0v) is 13.9. The maximum atomic E-state index is 5.90. The minimum absolute atomic E-state index is 0.477. The quantitative estimate of drug-likeness (QED) is 0.653. The average molecular weight is 344 g/mol. The summed E-state index contributed by atoms with van der Waals surface area (Å²) in [5, 5.41) is 7.65. The Labute approximate surface area is 143 Å². The van der Waals surface area contributed by atoms with Crippen molar-refractivity contribution >= 4 is 46.6 Å². The molecule has 0 aliphatic heterocycles. The van der Waals surface area contributed by atoms with Gasteiger partial charge in [-0.2, -0.15) is 15.0 Å². The van der Waals surface area contributed by atoms with E-state index in [-0.39, 0.29) is 0 Å². The highest BCUT2D eigenvalue weighted by Crippen LogP contribution is 2.21.